The van der Waals surface area contributed by atoms with E-state index < -0.39 is 0 Å². The summed E-state index contributed by atoms with van der Waals surface area (Å²) in [6.07, 6.45) is 4.19. The molecule has 0 saturated carbocycles. The number of unbranched alkanes of at least 4 members (excludes halogenated alkanes) is 1. The molecule has 2 N–H and O–H groups in total. The lowest BCUT2D eigenvalue weighted by Crippen LogP contribution is -2.19. The molecule has 0 bridgehead atoms. The van der Waals surface area contributed by atoms with Crippen molar-refractivity contribution in [1.29, 1.82) is 0 Å². The quantitative estimate of drug-likeness (QED) is 0.756. The van der Waals surface area contributed by atoms with Crippen molar-refractivity contribution >= 4 is 0 Å². The Kier molecular flexibility index (Phi) is 4.70. The van der Waals surface area contributed by atoms with Gasteiger partial charge in [-0.3, -0.25) is 0 Å². The van der Waals surface area contributed by atoms with Gasteiger partial charge in [0.2, 0.25) is 0 Å². The fourth-order valence-electron chi connectivity index (χ4n) is 1.48. The summed E-state index contributed by atoms with van der Waals surface area (Å²) in [6, 6.07) is 2.00. The summed E-state index contributed by atoms with van der Waals surface area (Å²) < 4.78 is 5.27. The minimum absolute atomic E-state index is 0.490. The molecule has 0 amide bonds. The second kappa shape index (κ2) is 5.83. The maximum absolute atomic E-state index is 5.56. The summed E-state index contributed by atoms with van der Waals surface area (Å²) in [7, 11) is 2.13. The first-order valence-corrected chi connectivity index (χ1v) is 5.21. The van der Waals surface area contributed by atoms with Crippen molar-refractivity contribution in [3.05, 3.63) is 23.7 Å². The van der Waals surface area contributed by atoms with E-state index >= 15 is 0 Å². The third-order valence-electron chi connectivity index (χ3n) is 2.36. The fourth-order valence-corrected chi connectivity index (χ4v) is 1.48. The van der Waals surface area contributed by atoms with Gasteiger partial charge in [-0.05, 0) is 26.1 Å². The molecule has 80 valence electrons. The lowest BCUT2D eigenvalue weighted by molar-refractivity contribution is 0.317. The molecule has 1 rings (SSSR count). The Balaban J connectivity index is 2.42. The van der Waals surface area contributed by atoms with E-state index in [4.69, 9.17) is 10.2 Å². The van der Waals surface area contributed by atoms with Crippen LogP contribution in [-0.2, 0) is 13.1 Å². The molecule has 0 atom stereocenters. The molecule has 0 unspecified atom stereocenters. The number of hydrogen-bond donors (Lipinski definition) is 1. The number of hydrogen-bond acceptors (Lipinski definition) is 3. The standard InChI is InChI=1S/C11H20N2O/c1-3-4-6-13(2)9-10-5-7-14-11(10)8-12/h5,7H,3-4,6,8-9,12H2,1-2H3. The Morgan fingerprint density at radius 1 is 1.50 bits per heavy atom. The molecule has 0 spiro atoms. The molecule has 1 aromatic rings. The van der Waals surface area contributed by atoms with Gasteiger partial charge < -0.3 is 15.1 Å². The molecule has 0 aliphatic rings. The van der Waals surface area contributed by atoms with Gasteiger partial charge in [-0.1, -0.05) is 13.3 Å². The minimum Gasteiger partial charge on any atom is -0.468 e. The van der Waals surface area contributed by atoms with Crippen molar-refractivity contribution in [3.63, 3.8) is 0 Å². The highest BCUT2D eigenvalue weighted by atomic mass is 16.3. The zero-order valence-electron chi connectivity index (χ0n) is 9.12. The maximum Gasteiger partial charge on any atom is 0.121 e. The van der Waals surface area contributed by atoms with Gasteiger partial charge in [0.05, 0.1) is 12.8 Å². The van der Waals surface area contributed by atoms with Crippen molar-refractivity contribution in [2.24, 2.45) is 5.73 Å². The van der Waals surface area contributed by atoms with E-state index in [9.17, 15) is 0 Å². The largest absolute Gasteiger partial charge is 0.468 e. The number of rotatable bonds is 6. The van der Waals surface area contributed by atoms with Crippen LogP contribution in [0.25, 0.3) is 0 Å². The predicted octanol–water partition coefficient (Wildman–Crippen LogP) is 1.97. The Hall–Kier alpha value is -0.800. The van der Waals surface area contributed by atoms with Crippen molar-refractivity contribution < 1.29 is 4.42 Å². The van der Waals surface area contributed by atoms with Gasteiger partial charge in [-0.2, -0.15) is 0 Å². The van der Waals surface area contributed by atoms with Crippen LogP contribution in [0.4, 0.5) is 0 Å². The number of nitrogens with two attached hydrogens (primary N) is 1. The molecular weight excluding hydrogens is 176 g/mol. The first-order chi connectivity index (χ1) is 6.77. The van der Waals surface area contributed by atoms with Crippen LogP contribution < -0.4 is 5.73 Å². The molecule has 1 aromatic heterocycles. The Morgan fingerprint density at radius 3 is 2.93 bits per heavy atom. The summed E-state index contributed by atoms with van der Waals surface area (Å²) >= 11 is 0. The van der Waals surface area contributed by atoms with Crippen molar-refractivity contribution in [3.8, 4) is 0 Å². The normalized spacial score (nSPS) is 11.1. The average Bonchev–Trinajstić information content (AvgIpc) is 2.62. The van der Waals surface area contributed by atoms with Crippen LogP contribution >= 0.6 is 0 Å². The van der Waals surface area contributed by atoms with E-state index in [0.717, 1.165) is 18.8 Å². The summed E-state index contributed by atoms with van der Waals surface area (Å²) in [5.74, 6) is 0.911. The highest BCUT2D eigenvalue weighted by Crippen LogP contribution is 2.12. The first kappa shape index (κ1) is 11.3. The van der Waals surface area contributed by atoms with Gasteiger partial charge in [-0.15, -0.1) is 0 Å². The molecule has 0 aliphatic carbocycles. The first-order valence-electron chi connectivity index (χ1n) is 5.21. The van der Waals surface area contributed by atoms with Gasteiger partial charge in [-0.25, -0.2) is 0 Å². The molecule has 0 aliphatic heterocycles. The van der Waals surface area contributed by atoms with E-state index in [1.54, 1.807) is 6.26 Å². The summed E-state index contributed by atoms with van der Waals surface area (Å²) in [5, 5.41) is 0. The van der Waals surface area contributed by atoms with Gasteiger partial charge in [0.1, 0.15) is 5.76 Å². The lowest BCUT2D eigenvalue weighted by atomic mass is 10.2. The smallest absolute Gasteiger partial charge is 0.121 e. The monoisotopic (exact) mass is 196 g/mol. The van der Waals surface area contributed by atoms with Crippen molar-refractivity contribution in [2.45, 2.75) is 32.9 Å². The molecule has 14 heavy (non-hydrogen) atoms. The molecular formula is C11H20N2O. The zero-order chi connectivity index (χ0) is 10.4. The SMILES string of the molecule is CCCCN(C)Cc1ccoc1CN. The highest BCUT2D eigenvalue weighted by molar-refractivity contribution is 5.16. The molecule has 0 fully saturated rings. The molecule has 0 aromatic carbocycles. The number of nitrogens with zero attached hydrogens (tertiary/aromatic N) is 1. The second-order valence-corrected chi connectivity index (χ2v) is 3.66. The van der Waals surface area contributed by atoms with Crippen molar-refractivity contribution in [1.82, 2.24) is 4.90 Å². The summed E-state index contributed by atoms with van der Waals surface area (Å²) in [4.78, 5) is 2.30. The number of furan rings is 1. The molecule has 0 saturated heterocycles. The van der Waals surface area contributed by atoms with Crippen LogP contribution in [0.15, 0.2) is 16.7 Å². The third-order valence-corrected chi connectivity index (χ3v) is 2.36. The third kappa shape index (κ3) is 3.16. The topological polar surface area (TPSA) is 42.4 Å². The minimum atomic E-state index is 0.490. The fraction of sp³-hybridized carbons (Fsp3) is 0.636. The molecule has 0 radical (unpaired) electrons. The summed E-state index contributed by atoms with van der Waals surface area (Å²) in [5.41, 5.74) is 6.77. The van der Waals surface area contributed by atoms with Crippen LogP contribution in [0.1, 0.15) is 31.1 Å². The van der Waals surface area contributed by atoms with Crippen LogP contribution in [0, 0.1) is 0 Å². The van der Waals surface area contributed by atoms with Gasteiger partial charge >= 0.3 is 0 Å². The van der Waals surface area contributed by atoms with E-state index in [1.165, 1.54) is 18.4 Å². The van der Waals surface area contributed by atoms with E-state index in [0.29, 0.717) is 6.54 Å². The van der Waals surface area contributed by atoms with E-state index in [-0.39, 0.29) is 0 Å². The Morgan fingerprint density at radius 2 is 2.29 bits per heavy atom. The van der Waals surface area contributed by atoms with E-state index in [2.05, 4.69) is 18.9 Å². The van der Waals surface area contributed by atoms with Gasteiger partial charge in [0.15, 0.2) is 0 Å². The molecule has 3 nitrogen and oxygen atoms in total. The molecule has 3 heteroatoms. The Labute approximate surface area is 85.9 Å². The van der Waals surface area contributed by atoms with Gasteiger partial charge in [0, 0.05) is 12.1 Å². The van der Waals surface area contributed by atoms with Crippen LogP contribution in [-0.4, -0.2) is 18.5 Å². The Bertz CT molecular complexity index is 258. The van der Waals surface area contributed by atoms with Crippen LogP contribution in [0.5, 0.6) is 0 Å². The van der Waals surface area contributed by atoms with Crippen LogP contribution in [0.3, 0.4) is 0 Å². The van der Waals surface area contributed by atoms with Crippen LogP contribution in [0.2, 0.25) is 0 Å². The van der Waals surface area contributed by atoms with Gasteiger partial charge in [0.25, 0.3) is 0 Å². The predicted molar refractivity (Wildman–Crippen MR) is 57.8 cm³/mol. The lowest BCUT2D eigenvalue weighted by Gasteiger charge is -2.15. The molecule has 1 heterocycles. The van der Waals surface area contributed by atoms with E-state index in [1.807, 2.05) is 6.07 Å². The summed E-state index contributed by atoms with van der Waals surface area (Å²) in [6.45, 7) is 4.76. The zero-order valence-corrected chi connectivity index (χ0v) is 9.12. The second-order valence-electron chi connectivity index (χ2n) is 3.66. The highest BCUT2D eigenvalue weighted by Gasteiger charge is 2.06. The maximum atomic E-state index is 5.56. The average molecular weight is 196 g/mol. The van der Waals surface area contributed by atoms with Crippen molar-refractivity contribution in [2.75, 3.05) is 13.6 Å².